The lowest BCUT2D eigenvalue weighted by atomic mass is 10.2. The molecule has 0 saturated carbocycles. The van der Waals surface area contributed by atoms with Crippen LogP contribution in [-0.2, 0) is 0 Å². The summed E-state index contributed by atoms with van der Waals surface area (Å²) in [4.78, 5) is 3.93. The number of hydrogen-bond donors (Lipinski definition) is 2. The van der Waals surface area contributed by atoms with E-state index in [1.165, 1.54) is 0 Å². The monoisotopic (exact) mass is 162 g/mol. The first-order valence-electron chi connectivity index (χ1n) is 3.90. The van der Waals surface area contributed by atoms with Crippen LogP contribution in [0.5, 0.6) is 0 Å². The first kappa shape index (κ1) is 7.31. The number of aliphatic hydroxyl groups is 1. The molecule has 1 aromatic carbocycles. The van der Waals surface area contributed by atoms with E-state index in [4.69, 9.17) is 0 Å². The zero-order chi connectivity index (χ0) is 8.39. The Morgan fingerprint density at radius 2 is 2.25 bits per heavy atom. The van der Waals surface area contributed by atoms with Crippen LogP contribution in [0.1, 0.15) is 5.56 Å². The minimum atomic E-state index is -0.627. The maximum Gasteiger partial charge on any atom is 0.162 e. The van der Waals surface area contributed by atoms with Crippen LogP contribution in [0.4, 0.5) is 5.69 Å². The maximum absolute atomic E-state index is 9.20. The predicted octanol–water partition coefficient (Wildman–Crippen LogP) is 0.849. The Morgan fingerprint density at radius 3 is 3.17 bits per heavy atom. The van der Waals surface area contributed by atoms with Gasteiger partial charge in [0.15, 0.2) is 6.23 Å². The molecule has 62 valence electrons. The Bertz CT molecular complexity index is 309. The second-order valence-electron chi connectivity index (χ2n) is 2.73. The van der Waals surface area contributed by atoms with Gasteiger partial charge in [-0.1, -0.05) is 18.2 Å². The van der Waals surface area contributed by atoms with Gasteiger partial charge in [0.1, 0.15) is 0 Å². The molecular weight excluding hydrogens is 152 g/mol. The first-order chi connectivity index (χ1) is 5.86. The molecule has 12 heavy (non-hydrogen) atoms. The lowest BCUT2D eigenvalue weighted by Crippen LogP contribution is -2.15. The average molecular weight is 162 g/mol. The molecule has 0 fully saturated rings. The van der Waals surface area contributed by atoms with Gasteiger partial charge in [-0.3, -0.25) is 4.99 Å². The van der Waals surface area contributed by atoms with Gasteiger partial charge in [0.2, 0.25) is 0 Å². The molecule has 0 radical (unpaired) electrons. The lowest BCUT2D eigenvalue weighted by Gasteiger charge is -2.05. The third kappa shape index (κ3) is 1.31. The van der Waals surface area contributed by atoms with Gasteiger partial charge in [-0.15, -0.1) is 0 Å². The van der Waals surface area contributed by atoms with Crippen LogP contribution in [0.15, 0.2) is 29.3 Å². The molecule has 1 aromatic rings. The molecule has 3 heteroatoms. The van der Waals surface area contributed by atoms with E-state index in [0.717, 1.165) is 11.3 Å². The lowest BCUT2D eigenvalue weighted by molar-refractivity contribution is 0.199. The summed E-state index contributed by atoms with van der Waals surface area (Å²) in [6, 6.07) is 7.84. The number of benzodiazepines with no additional fused rings is 1. The number of hydrogen-bond acceptors (Lipinski definition) is 3. The summed E-state index contributed by atoms with van der Waals surface area (Å²) in [5.41, 5.74) is 2.05. The summed E-state index contributed by atoms with van der Waals surface area (Å²) in [7, 11) is 0. The predicted molar refractivity (Wildman–Crippen MR) is 48.5 cm³/mol. The third-order valence-electron chi connectivity index (χ3n) is 1.82. The van der Waals surface area contributed by atoms with Gasteiger partial charge in [0, 0.05) is 17.5 Å². The number of nitrogens with one attached hydrogen (secondary N) is 1. The summed E-state index contributed by atoms with van der Waals surface area (Å²) in [6.07, 6.45) is 1.07. The van der Waals surface area contributed by atoms with Crippen molar-refractivity contribution >= 4 is 11.9 Å². The molecule has 2 N–H and O–H groups in total. The average Bonchev–Trinajstić information content (AvgIpc) is 2.29. The van der Waals surface area contributed by atoms with E-state index in [2.05, 4.69) is 10.3 Å². The van der Waals surface area contributed by atoms with E-state index in [0.29, 0.717) is 6.54 Å². The standard InChI is InChI=1S/C9H10N2O/c12-9-6-10-8-4-2-1-3-7(8)5-11-9/h1-5,9-10,12H,6H2. The number of fused-ring (bicyclic) bond motifs is 1. The fraction of sp³-hybridized carbons (Fsp3) is 0.222. The summed E-state index contributed by atoms with van der Waals surface area (Å²) in [5, 5.41) is 12.3. The second-order valence-corrected chi connectivity index (χ2v) is 2.73. The van der Waals surface area contributed by atoms with Crippen LogP contribution in [0.2, 0.25) is 0 Å². The van der Waals surface area contributed by atoms with Gasteiger partial charge in [-0.25, -0.2) is 0 Å². The summed E-state index contributed by atoms with van der Waals surface area (Å²) >= 11 is 0. The highest BCUT2D eigenvalue weighted by Gasteiger charge is 2.06. The quantitative estimate of drug-likeness (QED) is 0.594. The largest absolute Gasteiger partial charge is 0.380 e. The minimum Gasteiger partial charge on any atom is -0.380 e. The van der Waals surface area contributed by atoms with Crippen molar-refractivity contribution in [1.29, 1.82) is 0 Å². The van der Waals surface area contributed by atoms with Crippen molar-refractivity contribution in [3.8, 4) is 0 Å². The molecule has 1 unspecified atom stereocenters. The molecule has 2 rings (SSSR count). The van der Waals surface area contributed by atoms with Crippen molar-refractivity contribution in [2.75, 3.05) is 11.9 Å². The number of anilines is 1. The third-order valence-corrected chi connectivity index (χ3v) is 1.82. The van der Waals surface area contributed by atoms with E-state index in [1.54, 1.807) is 6.21 Å². The van der Waals surface area contributed by atoms with Gasteiger partial charge >= 0.3 is 0 Å². The van der Waals surface area contributed by atoms with E-state index in [-0.39, 0.29) is 0 Å². The highest BCUT2D eigenvalue weighted by Crippen LogP contribution is 2.14. The molecule has 1 aliphatic heterocycles. The molecule has 3 nitrogen and oxygen atoms in total. The van der Waals surface area contributed by atoms with Crippen molar-refractivity contribution < 1.29 is 5.11 Å². The summed E-state index contributed by atoms with van der Waals surface area (Å²) in [6.45, 7) is 0.480. The SMILES string of the molecule is OC1CNc2ccccc2C=N1. The van der Waals surface area contributed by atoms with E-state index < -0.39 is 6.23 Å². The zero-order valence-corrected chi connectivity index (χ0v) is 6.57. The van der Waals surface area contributed by atoms with Crippen LogP contribution in [0.25, 0.3) is 0 Å². The molecule has 1 atom stereocenters. The fourth-order valence-electron chi connectivity index (χ4n) is 1.19. The molecular formula is C9H10N2O. The Labute approximate surface area is 70.8 Å². The molecule has 0 spiro atoms. The van der Waals surface area contributed by atoms with Crippen molar-refractivity contribution in [2.24, 2.45) is 4.99 Å². The highest BCUT2D eigenvalue weighted by molar-refractivity contribution is 5.88. The fourth-order valence-corrected chi connectivity index (χ4v) is 1.19. The van der Waals surface area contributed by atoms with Crippen molar-refractivity contribution in [1.82, 2.24) is 0 Å². The number of para-hydroxylation sites is 1. The number of benzene rings is 1. The molecule has 0 bridgehead atoms. The second kappa shape index (κ2) is 2.95. The van der Waals surface area contributed by atoms with Crippen molar-refractivity contribution in [2.45, 2.75) is 6.23 Å². The van der Waals surface area contributed by atoms with Gasteiger partial charge in [0.25, 0.3) is 0 Å². The molecule has 0 amide bonds. The number of aliphatic hydroxyl groups excluding tert-OH is 1. The van der Waals surface area contributed by atoms with Crippen LogP contribution in [0.3, 0.4) is 0 Å². The van der Waals surface area contributed by atoms with E-state index in [9.17, 15) is 5.11 Å². The van der Waals surface area contributed by atoms with Crippen molar-refractivity contribution in [3.63, 3.8) is 0 Å². The number of rotatable bonds is 0. The maximum atomic E-state index is 9.20. The Morgan fingerprint density at radius 1 is 1.42 bits per heavy atom. The van der Waals surface area contributed by atoms with Gasteiger partial charge in [0.05, 0.1) is 6.54 Å². The molecule has 1 heterocycles. The van der Waals surface area contributed by atoms with E-state index >= 15 is 0 Å². The van der Waals surface area contributed by atoms with Crippen LogP contribution in [0, 0.1) is 0 Å². The number of aliphatic imine (C=N–C) groups is 1. The topological polar surface area (TPSA) is 44.6 Å². The Kier molecular flexibility index (Phi) is 1.80. The van der Waals surface area contributed by atoms with Crippen LogP contribution >= 0.6 is 0 Å². The van der Waals surface area contributed by atoms with Crippen LogP contribution in [-0.4, -0.2) is 24.1 Å². The molecule has 0 saturated heterocycles. The molecule has 0 aliphatic carbocycles. The minimum absolute atomic E-state index is 0.480. The van der Waals surface area contributed by atoms with E-state index in [1.807, 2.05) is 24.3 Å². The number of β-amino-alcohol motifs (C(OH)–C–C–N with tert-alkyl or cyclic N) is 1. The molecule has 1 aliphatic rings. The number of nitrogens with zero attached hydrogens (tertiary/aromatic N) is 1. The zero-order valence-electron chi connectivity index (χ0n) is 6.57. The summed E-state index contributed by atoms with van der Waals surface area (Å²) < 4.78 is 0. The van der Waals surface area contributed by atoms with Gasteiger partial charge in [-0.2, -0.15) is 0 Å². The normalized spacial score (nSPS) is 20.9. The summed E-state index contributed by atoms with van der Waals surface area (Å²) in [5.74, 6) is 0. The Hall–Kier alpha value is -1.35. The van der Waals surface area contributed by atoms with Gasteiger partial charge in [-0.05, 0) is 6.07 Å². The first-order valence-corrected chi connectivity index (χ1v) is 3.90. The van der Waals surface area contributed by atoms with Crippen LogP contribution < -0.4 is 5.32 Å². The van der Waals surface area contributed by atoms with Crippen molar-refractivity contribution in [3.05, 3.63) is 29.8 Å². The Balaban J connectivity index is 2.39. The highest BCUT2D eigenvalue weighted by atomic mass is 16.3. The molecule has 0 aromatic heterocycles. The van der Waals surface area contributed by atoms with Gasteiger partial charge < -0.3 is 10.4 Å². The smallest absolute Gasteiger partial charge is 0.162 e.